The molecule has 1 saturated heterocycles. The molecule has 0 unspecified atom stereocenters. The normalized spacial score (nSPS) is 14.2. The molecule has 0 aliphatic carbocycles. The van der Waals surface area contributed by atoms with Gasteiger partial charge >= 0.3 is 6.03 Å². The number of carbonyl (C=O) groups excluding carboxylic acids is 1. The summed E-state index contributed by atoms with van der Waals surface area (Å²) in [5, 5.41) is 5.41. The number of urea groups is 1. The Labute approximate surface area is 143 Å². The molecule has 2 rings (SSSR count). The Morgan fingerprint density at radius 3 is 2.75 bits per heavy atom. The molecule has 1 aromatic rings. The Balaban J connectivity index is 1.70. The van der Waals surface area contributed by atoms with Crippen LogP contribution in [-0.4, -0.2) is 38.9 Å². The molecule has 24 heavy (non-hydrogen) atoms. The smallest absolute Gasteiger partial charge is 0.319 e. The lowest BCUT2D eigenvalue weighted by Crippen LogP contribution is -2.30. The number of halogens is 1. The van der Waals surface area contributed by atoms with Crippen LogP contribution in [0, 0.1) is 11.7 Å². The minimum Gasteiger partial charge on any atom is -0.381 e. The number of hydrogen-bond acceptors (Lipinski definition) is 3. The molecule has 1 aliphatic heterocycles. The molecule has 1 aromatic carbocycles. The number of nitrogens with one attached hydrogen (secondary N) is 2. The largest absolute Gasteiger partial charge is 0.381 e. The van der Waals surface area contributed by atoms with Gasteiger partial charge in [-0.15, -0.1) is 0 Å². The zero-order valence-corrected chi connectivity index (χ0v) is 14.6. The van der Waals surface area contributed by atoms with Crippen LogP contribution in [0.1, 0.15) is 33.1 Å². The highest BCUT2D eigenvalue weighted by Gasteiger charge is 2.16. The van der Waals surface area contributed by atoms with E-state index in [9.17, 15) is 9.18 Å². The summed E-state index contributed by atoms with van der Waals surface area (Å²) in [5.41, 5.74) is 1.07. The molecular formula is C18H28FN3O2. The summed E-state index contributed by atoms with van der Waals surface area (Å²) in [6.45, 7) is 7.86. The van der Waals surface area contributed by atoms with Gasteiger partial charge in [-0.2, -0.15) is 0 Å². The van der Waals surface area contributed by atoms with Gasteiger partial charge in [-0.1, -0.05) is 13.8 Å². The molecule has 6 heteroatoms. The predicted molar refractivity (Wildman–Crippen MR) is 95.1 cm³/mol. The van der Waals surface area contributed by atoms with Gasteiger partial charge in [0.1, 0.15) is 5.82 Å². The average Bonchev–Trinajstić information content (AvgIpc) is 3.04. The minimum atomic E-state index is -0.327. The van der Waals surface area contributed by atoms with Crippen molar-refractivity contribution in [1.29, 1.82) is 0 Å². The molecule has 1 aliphatic rings. The van der Waals surface area contributed by atoms with Gasteiger partial charge in [0.2, 0.25) is 0 Å². The molecule has 1 fully saturated rings. The summed E-state index contributed by atoms with van der Waals surface area (Å²) >= 11 is 0. The van der Waals surface area contributed by atoms with Crippen molar-refractivity contribution in [2.24, 2.45) is 5.92 Å². The van der Waals surface area contributed by atoms with Gasteiger partial charge in [0.05, 0.1) is 5.69 Å². The van der Waals surface area contributed by atoms with Gasteiger partial charge in [-0.05, 0) is 43.4 Å². The van der Waals surface area contributed by atoms with E-state index in [2.05, 4.69) is 24.5 Å². The van der Waals surface area contributed by atoms with Crippen molar-refractivity contribution in [3.63, 3.8) is 0 Å². The summed E-state index contributed by atoms with van der Waals surface area (Å²) in [4.78, 5) is 13.8. The van der Waals surface area contributed by atoms with Crippen LogP contribution in [0.15, 0.2) is 18.2 Å². The molecule has 0 aromatic heterocycles. The molecular weight excluding hydrogens is 309 g/mol. The number of benzene rings is 1. The van der Waals surface area contributed by atoms with Crippen LogP contribution in [0.2, 0.25) is 0 Å². The molecule has 0 atom stereocenters. The first-order chi connectivity index (χ1) is 11.6. The first kappa shape index (κ1) is 18.5. The second-order valence-electron chi connectivity index (χ2n) is 6.56. The fraction of sp³-hybridized carbons (Fsp3) is 0.611. The molecule has 0 radical (unpaired) electrons. The van der Waals surface area contributed by atoms with E-state index in [4.69, 9.17) is 4.74 Å². The van der Waals surface area contributed by atoms with E-state index in [1.807, 2.05) is 4.90 Å². The Morgan fingerprint density at radius 1 is 1.33 bits per heavy atom. The van der Waals surface area contributed by atoms with Gasteiger partial charge in [0, 0.05) is 38.5 Å². The number of hydrogen-bond donors (Lipinski definition) is 2. The van der Waals surface area contributed by atoms with Gasteiger partial charge in [-0.3, -0.25) is 0 Å². The first-order valence-corrected chi connectivity index (χ1v) is 8.73. The third-order valence-corrected chi connectivity index (χ3v) is 3.85. The maximum Gasteiger partial charge on any atom is 0.319 e. The lowest BCUT2D eigenvalue weighted by Gasteiger charge is -2.19. The van der Waals surface area contributed by atoms with E-state index in [-0.39, 0.29) is 11.8 Å². The van der Waals surface area contributed by atoms with Crippen LogP contribution in [-0.2, 0) is 4.74 Å². The molecule has 2 N–H and O–H groups in total. The molecule has 0 spiro atoms. The Morgan fingerprint density at radius 2 is 2.08 bits per heavy atom. The zero-order valence-electron chi connectivity index (χ0n) is 14.6. The van der Waals surface area contributed by atoms with Crippen LogP contribution >= 0.6 is 0 Å². The summed E-state index contributed by atoms with van der Waals surface area (Å²) in [7, 11) is 0. The van der Waals surface area contributed by atoms with Crippen LogP contribution < -0.4 is 15.5 Å². The van der Waals surface area contributed by atoms with E-state index in [1.165, 1.54) is 6.07 Å². The minimum absolute atomic E-state index is 0.295. The Hall–Kier alpha value is -1.82. The SMILES string of the molecule is CC(C)COCCCNC(=O)Nc1ccc(N2CCCC2)c(F)c1. The monoisotopic (exact) mass is 337 g/mol. The molecule has 2 amide bonds. The van der Waals surface area contributed by atoms with Crippen LogP contribution in [0.3, 0.4) is 0 Å². The van der Waals surface area contributed by atoms with E-state index in [0.29, 0.717) is 30.4 Å². The van der Waals surface area contributed by atoms with E-state index in [1.54, 1.807) is 12.1 Å². The predicted octanol–water partition coefficient (Wildman–Crippen LogP) is 3.61. The van der Waals surface area contributed by atoms with Crippen LogP contribution in [0.25, 0.3) is 0 Å². The molecule has 0 saturated carbocycles. The lowest BCUT2D eigenvalue weighted by molar-refractivity contribution is 0.108. The van der Waals surface area contributed by atoms with Crippen molar-refractivity contribution in [2.75, 3.05) is 43.1 Å². The fourth-order valence-electron chi connectivity index (χ4n) is 2.67. The zero-order chi connectivity index (χ0) is 17.4. The second-order valence-corrected chi connectivity index (χ2v) is 6.56. The number of nitrogens with zero attached hydrogens (tertiary/aromatic N) is 1. The van der Waals surface area contributed by atoms with Crippen molar-refractivity contribution in [3.8, 4) is 0 Å². The van der Waals surface area contributed by atoms with Crippen molar-refractivity contribution in [1.82, 2.24) is 5.32 Å². The highest BCUT2D eigenvalue weighted by Crippen LogP contribution is 2.25. The van der Waals surface area contributed by atoms with Crippen LogP contribution in [0.4, 0.5) is 20.6 Å². The van der Waals surface area contributed by atoms with Gasteiger partial charge in [0.25, 0.3) is 0 Å². The summed E-state index contributed by atoms with van der Waals surface area (Å²) in [5.74, 6) is 0.219. The van der Waals surface area contributed by atoms with Crippen LogP contribution in [0.5, 0.6) is 0 Å². The fourth-order valence-corrected chi connectivity index (χ4v) is 2.67. The number of anilines is 2. The first-order valence-electron chi connectivity index (χ1n) is 8.73. The van der Waals surface area contributed by atoms with Gasteiger partial charge in [0.15, 0.2) is 0 Å². The van der Waals surface area contributed by atoms with Crippen molar-refractivity contribution in [3.05, 3.63) is 24.0 Å². The number of amides is 2. The number of rotatable bonds is 8. The van der Waals surface area contributed by atoms with Crippen molar-refractivity contribution in [2.45, 2.75) is 33.1 Å². The van der Waals surface area contributed by atoms with Crippen molar-refractivity contribution >= 4 is 17.4 Å². The Bertz CT molecular complexity index is 531. The van der Waals surface area contributed by atoms with E-state index >= 15 is 0 Å². The third kappa shape index (κ3) is 6.00. The summed E-state index contributed by atoms with van der Waals surface area (Å²) < 4.78 is 19.6. The van der Waals surface area contributed by atoms with E-state index < -0.39 is 0 Å². The summed E-state index contributed by atoms with van der Waals surface area (Å²) in [6, 6.07) is 4.52. The Kier molecular flexibility index (Phi) is 7.31. The quantitative estimate of drug-likeness (QED) is 0.713. The standard InChI is InChI=1S/C18H28FN3O2/c1-14(2)13-24-11-5-8-20-18(23)21-15-6-7-17(16(19)12-15)22-9-3-4-10-22/h6-7,12,14H,3-5,8-11,13H2,1-2H3,(H2,20,21,23). The van der Waals surface area contributed by atoms with E-state index in [0.717, 1.165) is 39.0 Å². The maximum absolute atomic E-state index is 14.2. The topological polar surface area (TPSA) is 53.6 Å². The highest BCUT2D eigenvalue weighted by atomic mass is 19.1. The third-order valence-electron chi connectivity index (χ3n) is 3.85. The number of ether oxygens (including phenoxy) is 1. The molecule has 5 nitrogen and oxygen atoms in total. The summed E-state index contributed by atoms with van der Waals surface area (Å²) in [6.07, 6.45) is 2.95. The molecule has 0 bridgehead atoms. The average molecular weight is 337 g/mol. The molecule has 134 valence electrons. The number of carbonyl (C=O) groups is 1. The molecule has 1 heterocycles. The maximum atomic E-state index is 14.2. The van der Waals surface area contributed by atoms with Gasteiger partial charge < -0.3 is 20.3 Å². The van der Waals surface area contributed by atoms with Crippen molar-refractivity contribution < 1.29 is 13.9 Å². The van der Waals surface area contributed by atoms with Gasteiger partial charge in [-0.25, -0.2) is 9.18 Å². The second kappa shape index (κ2) is 9.47. The lowest BCUT2D eigenvalue weighted by atomic mass is 10.2. The highest BCUT2D eigenvalue weighted by molar-refractivity contribution is 5.89.